The van der Waals surface area contributed by atoms with Crippen LogP contribution in [-0.2, 0) is 9.59 Å². The van der Waals surface area contributed by atoms with Gasteiger partial charge in [0.1, 0.15) is 0 Å². The lowest BCUT2D eigenvalue weighted by Crippen LogP contribution is -2.24. The van der Waals surface area contributed by atoms with Gasteiger partial charge in [0.15, 0.2) is 0 Å². The fraction of sp³-hybridized carbons (Fsp3) is 0.333. The summed E-state index contributed by atoms with van der Waals surface area (Å²) in [5.41, 5.74) is 0. The monoisotopic (exact) mass is 224 g/mol. The van der Waals surface area contributed by atoms with E-state index in [-0.39, 0.29) is 0 Å². The van der Waals surface area contributed by atoms with Gasteiger partial charge in [-0.25, -0.2) is 0 Å². The van der Waals surface area contributed by atoms with Crippen molar-refractivity contribution in [2.24, 2.45) is 11.8 Å². The zero-order valence-corrected chi connectivity index (χ0v) is 9.33. The fourth-order valence-electron chi connectivity index (χ4n) is 0.813. The Morgan fingerprint density at radius 3 is 1.06 bits per heavy atom. The average molecular weight is 224 g/mol. The molecule has 88 valence electrons. The van der Waals surface area contributed by atoms with Crippen LogP contribution in [0, 0.1) is 11.8 Å². The molecule has 4 heteroatoms. The zero-order valence-electron chi connectivity index (χ0n) is 9.33. The summed E-state index contributed by atoms with van der Waals surface area (Å²) < 4.78 is 0. The Morgan fingerprint density at radius 2 is 0.938 bits per heavy atom. The Hall–Kier alpha value is -1.84. The number of benzene rings is 1. The first kappa shape index (κ1) is 14.2. The van der Waals surface area contributed by atoms with Crippen molar-refractivity contribution in [1.82, 2.24) is 0 Å². The molecule has 0 amide bonds. The lowest BCUT2D eigenvalue weighted by atomic mass is 9.97. The van der Waals surface area contributed by atoms with Crippen LogP contribution in [0.2, 0.25) is 0 Å². The van der Waals surface area contributed by atoms with Gasteiger partial charge in [0, 0.05) is 0 Å². The highest BCUT2D eigenvalue weighted by atomic mass is 16.4. The number of rotatable bonds is 3. The van der Waals surface area contributed by atoms with E-state index in [1.54, 1.807) is 0 Å². The predicted molar refractivity (Wildman–Crippen MR) is 60.0 cm³/mol. The average Bonchev–Trinajstić information content (AvgIpc) is 2.30. The Kier molecular flexibility index (Phi) is 6.59. The number of carbonyl (C=O) groups is 2. The summed E-state index contributed by atoms with van der Waals surface area (Å²) in [4.78, 5) is 20.4. The molecule has 2 N–H and O–H groups in total. The Bertz CT molecular complexity index is 276. The van der Waals surface area contributed by atoms with Crippen molar-refractivity contribution in [1.29, 1.82) is 0 Å². The third-order valence-corrected chi connectivity index (χ3v) is 2.20. The van der Waals surface area contributed by atoms with Crippen molar-refractivity contribution >= 4 is 11.9 Å². The van der Waals surface area contributed by atoms with E-state index in [0.717, 1.165) is 0 Å². The largest absolute Gasteiger partial charge is 0.481 e. The summed E-state index contributed by atoms with van der Waals surface area (Å²) in [6.07, 6.45) is 0. The summed E-state index contributed by atoms with van der Waals surface area (Å²) in [7, 11) is 0. The molecule has 0 aliphatic rings. The van der Waals surface area contributed by atoms with Crippen LogP contribution in [0.4, 0.5) is 0 Å². The van der Waals surface area contributed by atoms with Crippen molar-refractivity contribution in [3.8, 4) is 0 Å². The van der Waals surface area contributed by atoms with E-state index in [9.17, 15) is 9.59 Å². The normalized spacial score (nSPS) is 12.9. The summed E-state index contributed by atoms with van der Waals surface area (Å²) in [5.74, 6) is -3.79. The van der Waals surface area contributed by atoms with E-state index in [1.165, 1.54) is 13.8 Å². The van der Waals surface area contributed by atoms with Gasteiger partial charge >= 0.3 is 11.9 Å². The maximum atomic E-state index is 10.2. The van der Waals surface area contributed by atoms with E-state index in [1.807, 2.05) is 36.4 Å². The van der Waals surface area contributed by atoms with E-state index >= 15 is 0 Å². The van der Waals surface area contributed by atoms with Gasteiger partial charge in [0.25, 0.3) is 0 Å². The topological polar surface area (TPSA) is 74.6 Å². The van der Waals surface area contributed by atoms with Crippen LogP contribution in [0.25, 0.3) is 0 Å². The van der Waals surface area contributed by atoms with Crippen LogP contribution in [0.15, 0.2) is 36.4 Å². The van der Waals surface area contributed by atoms with Gasteiger partial charge in [-0.1, -0.05) is 50.2 Å². The minimum absolute atomic E-state index is 0.822. The van der Waals surface area contributed by atoms with Crippen LogP contribution in [-0.4, -0.2) is 22.2 Å². The maximum absolute atomic E-state index is 10.2. The molecule has 0 fully saturated rings. The first-order chi connectivity index (χ1) is 7.46. The van der Waals surface area contributed by atoms with Crippen LogP contribution >= 0.6 is 0 Å². The molecular formula is C12H16O4. The minimum Gasteiger partial charge on any atom is -0.481 e. The zero-order chi connectivity index (χ0) is 12.6. The molecule has 0 saturated carbocycles. The van der Waals surface area contributed by atoms with Crippen molar-refractivity contribution in [2.75, 3.05) is 0 Å². The van der Waals surface area contributed by atoms with E-state index in [0.29, 0.717) is 0 Å². The summed E-state index contributed by atoms with van der Waals surface area (Å²) in [6.45, 7) is 2.75. The number of aliphatic carboxylic acids is 2. The SMILES string of the molecule is CC(C(=O)O)C(C)C(=O)O.c1ccccc1. The number of carboxylic acids is 2. The van der Waals surface area contributed by atoms with Crippen LogP contribution in [0.5, 0.6) is 0 Å². The van der Waals surface area contributed by atoms with Crippen molar-refractivity contribution < 1.29 is 19.8 Å². The molecule has 0 bridgehead atoms. The molecule has 0 radical (unpaired) electrons. The molecule has 1 aromatic carbocycles. The first-order valence-corrected chi connectivity index (χ1v) is 4.92. The quantitative estimate of drug-likeness (QED) is 0.824. The van der Waals surface area contributed by atoms with Gasteiger partial charge in [0.2, 0.25) is 0 Å². The molecule has 2 atom stereocenters. The van der Waals surface area contributed by atoms with Crippen molar-refractivity contribution in [3.05, 3.63) is 36.4 Å². The van der Waals surface area contributed by atoms with Gasteiger partial charge in [-0.15, -0.1) is 0 Å². The molecule has 1 rings (SSSR count). The Morgan fingerprint density at radius 1 is 0.750 bits per heavy atom. The standard InChI is InChI=1S/C6H10O4.C6H6/c1-3(5(7)8)4(2)6(9)10;1-2-4-6-5-3-1/h3-4H,1-2H3,(H,7,8)(H,9,10);1-6H. The second kappa shape index (κ2) is 7.45. The van der Waals surface area contributed by atoms with Crippen molar-refractivity contribution in [3.63, 3.8) is 0 Å². The number of hydrogen-bond donors (Lipinski definition) is 2. The third kappa shape index (κ3) is 5.80. The summed E-state index contributed by atoms with van der Waals surface area (Å²) in [5, 5.41) is 16.7. The third-order valence-electron chi connectivity index (χ3n) is 2.20. The van der Waals surface area contributed by atoms with Crippen LogP contribution in [0.1, 0.15) is 13.8 Å². The van der Waals surface area contributed by atoms with E-state index in [2.05, 4.69) is 0 Å². The second-order valence-corrected chi connectivity index (χ2v) is 3.41. The van der Waals surface area contributed by atoms with Crippen LogP contribution in [0.3, 0.4) is 0 Å². The van der Waals surface area contributed by atoms with Gasteiger partial charge < -0.3 is 10.2 Å². The van der Waals surface area contributed by atoms with Gasteiger partial charge in [-0.3, -0.25) is 9.59 Å². The van der Waals surface area contributed by atoms with E-state index in [4.69, 9.17) is 10.2 Å². The molecule has 0 aromatic heterocycles. The Balaban J connectivity index is 0.000000315. The summed E-state index contributed by atoms with van der Waals surface area (Å²) >= 11 is 0. The highest BCUT2D eigenvalue weighted by Crippen LogP contribution is 2.10. The minimum atomic E-state index is -1.07. The number of hydrogen-bond acceptors (Lipinski definition) is 2. The molecule has 0 spiro atoms. The van der Waals surface area contributed by atoms with Gasteiger partial charge in [-0.05, 0) is 0 Å². The van der Waals surface area contributed by atoms with Gasteiger partial charge in [-0.2, -0.15) is 0 Å². The lowest BCUT2D eigenvalue weighted by molar-refractivity contribution is -0.152. The number of carboxylic acid groups (broad SMARTS) is 2. The second-order valence-electron chi connectivity index (χ2n) is 3.41. The molecular weight excluding hydrogens is 208 g/mol. The van der Waals surface area contributed by atoms with E-state index < -0.39 is 23.8 Å². The highest BCUT2D eigenvalue weighted by Gasteiger charge is 2.24. The smallest absolute Gasteiger partial charge is 0.307 e. The van der Waals surface area contributed by atoms with Gasteiger partial charge in [0.05, 0.1) is 11.8 Å². The Labute approximate surface area is 94.5 Å². The van der Waals surface area contributed by atoms with Crippen molar-refractivity contribution in [2.45, 2.75) is 13.8 Å². The maximum Gasteiger partial charge on any atom is 0.307 e. The molecule has 2 unspecified atom stereocenters. The first-order valence-electron chi connectivity index (χ1n) is 4.92. The fourth-order valence-corrected chi connectivity index (χ4v) is 0.813. The molecule has 0 aliphatic carbocycles. The van der Waals surface area contributed by atoms with Crippen LogP contribution < -0.4 is 0 Å². The molecule has 4 nitrogen and oxygen atoms in total. The summed E-state index contributed by atoms with van der Waals surface area (Å²) in [6, 6.07) is 12.0. The lowest BCUT2D eigenvalue weighted by Gasteiger charge is -2.09. The molecule has 0 saturated heterocycles. The highest BCUT2D eigenvalue weighted by molar-refractivity contribution is 5.79. The molecule has 0 aliphatic heterocycles. The molecule has 1 aromatic rings. The molecule has 16 heavy (non-hydrogen) atoms. The molecule has 0 heterocycles. The predicted octanol–water partition coefficient (Wildman–Crippen LogP) is 2.11.